The Bertz CT molecular complexity index is 515. The average molecular weight is 316 g/mol. The maximum Gasteiger partial charge on any atom is 0.164 e. The lowest BCUT2D eigenvalue weighted by molar-refractivity contribution is 0.603. The Kier molecular flexibility index (Phi) is 3.79. The highest BCUT2D eigenvalue weighted by Gasteiger charge is 2.10. The number of aryl methyl sites for hydroxylation is 2. The van der Waals surface area contributed by atoms with Gasteiger partial charge < -0.3 is 0 Å². The fourth-order valence-electron chi connectivity index (χ4n) is 1.48. The van der Waals surface area contributed by atoms with Gasteiger partial charge in [0.15, 0.2) is 5.82 Å². The zero-order valence-electron chi connectivity index (χ0n) is 9.61. The summed E-state index contributed by atoms with van der Waals surface area (Å²) in [7, 11) is 0. The van der Waals surface area contributed by atoms with Crippen molar-refractivity contribution in [2.24, 2.45) is 0 Å². The molecule has 0 saturated heterocycles. The predicted molar refractivity (Wildman–Crippen MR) is 71.0 cm³/mol. The summed E-state index contributed by atoms with van der Waals surface area (Å²) in [6, 6.07) is 0. The first-order valence-corrected chi connectivity index (χ1v) is 6.51. The summed E-state index contributed by atoms with van der Waals surface area (Å²) in [6.07, 6.45) is 4.74. The molecular formula is C11H12BrClN4. The van der Waals surface area contributed by atoms with E-state index in [-0.39, 0.29) is 0 Å². The van der Waals surface area contributed by atoms with Gasteiger partial charge in [-0.2, -0.15) is 5.10 Å². The predicted octanol–water partition coefficient (Wildman–Crippen LogP) is 3.47. The SMILES string of the molecule is CCCn1cc(-c2nc(C)c(Br)c(Cl)n2)cn1. The van der Waals surface area contributed by atoms with Crippen LogP contribution in [0.3, 0.4) is 0 Å². The molecule has 6 heteroatoms. The van der Waals surface area contributed by atoms with Gasteiger partial charge in [0, 0.05) is 12.7 Å². The molecule has 0 bridgehead atoms. The summed E-state index contributed by atoms with van der Waals surface area (Å²) in [5.74, 6) is 0.609. The molecule has 0 amide bonds. The van der Waals surface area contributed by atoms with E-state index in [1.807, 2.05) is 17.8 Å². The van der Waals surface area contributed by atoms with Crippen molar-refractivity contribution in [2.75, 3.05) is 0 Å². The molecule has 0 atom stereocenters. The van der Waals surface area contributed by atoms with Crippen LogP contribution in [0.15, 0.2) is 16.9 Å². The fourth-order valence-corrected chi connectivity index (χ4v) is 1.88. The molecule has 4 nitrogen and oxygen atoms in total. The van der Waals surface area contributed by atoms with Crippen LogP contribution in [0.2, 0.25) is 5.15 Å². The first kappa shape index (κ1) is 12.5. The van der Waals surface area contributed by atoms with Crippen molar-refractivity contribution < 1.29 is 0 Å². The third-order valence-electron chi connectivity index (χ3n) is 2.32. The lowest BCUT2D eigenvalue weighted by Crippen LogP contribution is -1.96. The van der Waals surface area contributed by atoms with Crippen molar-refractivity contribution in [2.45, 2.75) is 26.8 Å². The zero-order valence-corrected chi connectivity index (χ0v) is 12.0. The van der Waals surface area contributed by atoms with Gasteiger partial charge in [-0.25, -0.2) is 9.97 Å². The molecule has 2 rings (SSSR count). The van der Waals surface area contributed by atoms with E-state index in [1.54, 1.807) is 6.20 Å². The molecule has 0 aliphatic heterocycles. The minimum absolute atomic E-state index is 0.427. The van der Waals surface area contributed by atoms with Gasteiger partial charge in [-0.1, -0.05) is 18.5 Å². The van der Waals surface area contributed by atoms with Gasteiger partial charge in [0.25, 0.3) is 0 Å². The minimum atomic E-state index is 0.427. The summed E-state index contributed by atoms with van der Waals surface area (Å²) < 4.78 is 2.62. The number of hydrogen-bond donors (Lipinski definition) is 0. The molecule has 0 unspecified atom stereocenters. The highest BCUT2D eigenvalue weighted by Crippen LogP contribution is 2.26. The summed E-state index contributed by atoms with van der Waals surface area (Å²) in [4.78, 5) is 8.61. The van der Waals surface area contributed by atoms with Crippen LogP contribution in [-0.2, 0) is 6.54 Å². The molecule has 0 saturated carbocycles. The second-order valence-electron chi connectivity index (χ2n) is 3.73. The monoisotopic (exact) mass is 314 g/mol. The van der Waals surface area contributed by atoms with E-state index < -0.39 is 0 Å². The van der Waals surface area contributed by atoms with E-state index in [2.05, 4.69) is 37.9 Å². The van der Waals surface area contributed by atoms with Gasteiger partial charge in [0.1, 0.15) is 5.15 Å². The second-order valence-corrected chi connectivity index (χ2v) is 4.88. The Hall–Kier alpha value is -0.940. The van der Waals surface area contributed by atoms with Crippen LogP contribution in [0.1, 0.15) is 19.0 Å². The molecule has 90 valence electrons. The van der Waals surface area contributed by atoms with Crippen molar-refractivity contribution in [3.05, 3.63) is 27.7 Å². The fraction of sp³-hybridized carbons (Fsp3) is 0.364. The van der Waals surface area contributed by atoms with E-state index in [1.165, 1.54) is 0 Å². The Labute approximate surface area is 113 Å². The summed E-state index contributed by atoms with van der Waals surface area (Å²) in [6.45, 7) is 4.89. The topological polar surface area (TPSA) is 43.6 Å². The number of halogens is 2. The summed E-state index contributed by atoms with van der Waals surface area (Å²) in [5.41, 5.74) is 1.71. The molecule has 0 aromatic carbocycles. The minimum Gasteiger partial charge on any atom is -0.272 e. The maximum atomic E-state index is 6.01. The van der Waals surface area contributed by atoms with Crippen LogP contribution in [0.25, 0.3) is 11.4 Å². The lowest BCUT2D eigenvalue weighted by Gasteiger charge is -2.02. The highest BCUT2D eigenvalue weighted by molar-refractivity contribution is 9.10. The number of rotatable bonds is 3. The Morgan fingerprint density at radius 1 is 1.41 bits per heavy atom. The first-order valence-electron chi connectivity index (χ1n) is 5.34. The highest BCUT2D eigenvalue weighted by atomic mass is 79.9. The lowest BCUT2D eigenvalue weighted by atomic mass is 10.3. The molecular weight excluding hydrogens is 304 g/mol. The molecule has 0 aliphatic carbocycles. The first-order chi connectivity index (χ1) is 8.11. The van der Waals surface area contributed by atoms with E-state index in [0.29, 0.717) is 11.0 Å². The third-order valence-corrected chi connectivity index (χ3v) is 3.77. The maximum absolute atomic E-state index is 6.01. The molecule has 0 fully saturated rings. The Morgan fingerprint density at radius 2 is 2.18 bits per heavy atom. The standard InChI is InChI=1S/C11H12BrClN4/c1-3-4-17-6-8(5-14-17)11-15-7(2)9(12)10(13)16-11/h5-6H,3-4H2,1-2H3. The van der Waals surface area contributed by atoms with Gasteiger partial charge in [-0.05, 0) is 29.3 Å². The van der Waals surface area contributed by atoms with Crippen LogP contribution >= 0.6 is 27.5 Å². The summed E-state index contributed by atoms with van der Waals surface area (Å²) in [5, 5.41) is 4.67. The molecule has 0 N–H and O–H groups in total. The molecule has 2 heterocycles. The van der Waals surface area contributed by atoms with Crippen molar-refractivity contribution in [3.63, 3.8) is 0 Å². The number of hydrogen-bond acceptors (Lipinski definition) is 3. The summed E-state index contributed by atoms with van der Waals surface area (Å²) >= 11 is 9.35. The largest absolute Gasteiger partial charge is 0.272 e. The van der Waals surface area contributed by atoms with Crippen LogP contribution in [-0.4, -0.2) is 19.7 Å². The van der Waals surface area contributed by atoms with Crippen LogP contribution in [0.5, 0.6) is 0 Å². The normalized spacial score (nSPS) is 10.8. The van der Waals surface area contributed by atoms with Crippen molar-refractivity contribution >= 4 is 27.5 Å². The van der Waals surface area contributed by atoms with Gasteiger partial charge in [-0.3, -0.25) is 4.68 Å². The van der Waals surface area contributed by atoms with Crippen LogP contribution in [0.4, 0.5) is 0 Å². The van der Waals surface area contributed by atoms with Gasteiger partial charge in [0.2, 0.25) is 0 Å². The number of aromatic nitrogens is 4. The van der Waals surface area contributed by atoms with Crippen LogP contribution < -0.4 is 0 Å². The molecule has 17 heavy (non-hydrogen) atoms. The van der Waals surface area contributed by atoms with Crippen molar-refractivity contribution in [3.8, 4) is 11.4 Å². The van der Waals surface area contributed by atoms with Gasteiger partial charge in [0.05, 0.1) is 21.9 Å². The van der Waals surface area contributed by atoms with E-state index in [0.717, 1.165) is 28.7 Å². The Balaban J connectivity index is 2.39. The van der Waals surface area contributed by atoms with Gasteiger partial charge >= 0.3 is 0 Å². The molecule has 0 radical (unpaired) electrons. The van der Waals surface area contributed by atoms with Crippen LogP contribution in [0, 0.1) is 6.92 Å². The average Bonchev–Trinajstić information content (AvgIpc) is 2.74. The molecule has 0 spiro atoms. The zero-order chi connectivity index (χ0) is 12.4. The smallest absolute Gasteiger partial charge is 0.164 e. The van der Waals surface area contributed by atoms with E-state index in [9.17, 15) is 0 Å². The quantitative estimate of drug-likeness (QED) is 0.815. The molecule has 2 aromatic heterocycles. The van der Waals surface area contributed by atoms with Gasteiger partial charge in [-0.15, -0.1) is 0 Å². The molecule has 0 aliphatic rings. The second kappa shape index (κ2) is 5.14. The van der Waals surface area contributed by atoms with Crippen molar-refractivity contribution in [1.82, 2.24) is 19.7 Å². The molecule has 2 aromatic rings. The van der Waals surface area contributed by atoms with E-state index in [4.69, 9.17) is 11.6 Å². The number of nitrogens with zero attached hydrogens (tertiary/aromatic N) is 4. The van der Waals surface area contributed by atoms with Crippen molar-refractivity contribution in [1.29, 1.82) is 0 Å². The Morgan fingerprint density at radius 3 is 2.82 bits per heavy atom. The van der Waals surface area contributed by atoms with E-state index >= 15 is 0 Å². The third kappa shape index (κ3) is 2.66.